The number of rotatable bonds is 4. The molecule has 0 aromatic heterocycles. The molecule has 0 aliphatic heterocycles. The first-order chi connectivity index (χ1) is 4.93. The van der Waals surface area contributed by atoms with E-state index in [4.69, 9.17) is 4.52 Å². The van der Waals surface area contributed by atoms with Gasteiger partial charge >= 0.3 is 0 Å². The number of hydrogen-bond acceptors (Lipinski definition) is 1. The standard InChI is InChI=1S/C8H17OP/c1-2-7-10-9-8-5-3-4-6-8/h8,10H,2-7H2,1H3. The van der Waals surface area contributed by atoms with Crippen molar-refractivity contribution in [2.75, 3.05) is 6.16 Å². The SMILES string of the molecule is CCCPOC1CCCC1. The Bertz CT molecular complexity index is 79.3. The van der Waals surface area contributed by atoms with E-state index < -0.39 is 0 Å². The van der Waals surface area contributed by atoms with Gasteiger partial charge in [-0.25, -0.2) is 0 Å². The van der Waals surface area contributed by atoms with Crippen LogP contribution in [0.3, 0.4) is 0 Å². The van der Waals surface area contributed by atoms with E-state index in [2.05, 4.69) is 6.92 Å². The van der Waals surface area contributed by atoms with Crippen molar-refractivity contribution in [3.8, 4) is 0 Å². The molecule has 1 nitrogen and oxygen atoms in total. The molecule has 2 heteroatoms. The molecule has 1 atom stereocenters. The van der Waals surface area contributed by atoms with Crippen LogP contribution >= 0.6 is 8.81 Å². The van der Waals surface area contributed by atoms with Crippen molar-refractivity contribution >= 4 is 8.81 Å². The minimum atomic E-state index is 0.630. The summed E-state index contributed by atoms with van der Waals surface area (Å²) in [4.78, 5) is 0. The smallest absolute Gasteiger partial charge is 0.0614 e. The van der Waals surface area contributed by atoms with Gasteiger partial charge < -0.3 is 4.52 Å². The predicted octanol–water partition coefficient (Wildman–Crippen LogP) is 2.95. The van der Waals surface area contributed by atoms with Gasteiger partial charge in [0.1, 0.15) is 0 Å². The molecule has 0 saturated heterocycles. The summed E-state index contributed by atoms with van der Waals surface area (Å²) in [5.74, 6) is 0. The summed E-state index contributed by atoms with van der Waals surface area (Å²) >= 11 is 0. The average molecular weight is 160 g/mol. The minimum Gasteiger partial charge on any atom is -0.359 e. The third kappa shape index (κ3) is 2.98. The Morgan fingerprint density at radius 3 is 2.70 bits per heavy atom. The molecule has 1 fully saturated rings. The van der Waals surface area contributed by atoms with Crippen LogP contribution in [0.2, 0.25) is 0 Å². The lowest BCUT2D eigenvalue weighted by molar-refractivity contribution is 0.242. The average Bonchev–Trinajstić information content (AvgIpc) is 2.41. The maximum Gasteiger partial charge on any atom is 0.0614 e. The lowest BCUT2D eigenvalue weighted by atomic mass is 10.3. The van der Waals surface area contributed by atoms with Crippen LogP contribution in [-0.2, 0) is 4.52 Å². The molecule has 1 saturated carbocycles. The maximum atomic E-state index is 5.67. The topological polar surface area (TPSA) is 9.23 Å². The molecule has 1 unspecified atom stereocenters. The summed E-state index contributed by atoms with van der Waals surface area (Å²) in [5, 5.41) is 0. The van der Waals surface area contributed by atoms with Gasteiger partial charge in [-0.2, -0.15) is 0 Å². The fraction of sp³-hybridized carbons (Fsp3) is 1.00. The Morgan fingerprint density at radius 2 is 2.10 bits per heavy atom. The summed E-state index contributed by atoms with van der Waals surface area (Å²) in [5.41, 5.74) is 0. The molecule has 60 valence electrons. The summed E-state index contributed by atoms with van der Waals surface area (Å²) in [6.45, 7) is 2.21. The van der Waals surface area contributed by atoms with E-state index >= 15 is 0 Å². The minimum absolute atomic E-state index is 0.630. The molecular formula is C8H17OP. The van der Waals surface area contributed by atoms with Crippen molar-refractivity contribution in [2.24, 2.45) is 0 Å². The zero-order valence-electron chi connectivity index (χ0n) is 6.73. The van der Waals surface area contributed by atoms with Crippen LogP contribution in [0.1, 0.15) is 39.0 Å². The molecule has 0 amide bonds. The molecule has 0 bridgehead atoms. The first-order valence-electron chi connectivity index (χ1n) is 4.32. The van der Waals surface area contributed by atoms with Crippen LogP contribution in [0.4, 0.5) is 0 Å². The quantitative estimate of drug-likeness (QED) is 0.454. The van der Waals surface area contributed by atoms with Gasteiger partial charge in [0, 0.05) is 8.81 Å². The molecule has 0 heterocycles. The van der Waals surface area contributed by atoms with Crippen LogP contribution in [0.25, 0.3) is 0 Å². The number of hydrogen-bond donors (Lipinski definition) is 0. The first-order valence-corrected chi connectivity index (χ1v) is 5.43. The maximum absolute atomic E-state index is 5.67. The normalized spacial score (nSPS) is 21.3. The van der Waals surface area contributed by atoms with E-state index in [0.717, 1.165) is 8.81 Å². The van der Waals surface area contributed by atoms with E-state index in [-0.39, 0.29) is 0 Å². The molecule has 1 aliphatic rings. The molecule has 0 radical (unpaired) electrons. The molecule has 0 spiro atoms. The van der Waals surface area contributed by atoms with E-state index in [9.17, 15) is 0 Å². The summed E-state index contributed by atoms with van der Waals surface area (Å²) < 4.78 is 5.67. The fourth-order valence-corrected chi connectivity index (χ4v) is 2.08. The van der Waals surface area contributed by atoms with Gasteiger partial charge in [0.15, 0.2) is 0 Å². The van der Waals surface area contributed by atoms with Gasteiger partial charge in [-0.15, -0.1) is 0 Å². The highest BCUT2D eigenvalue weighted by Crippen LogP contribution is 2.27. The second-order valence-electron chi connectivity index (χ2n) is 2.92. The highest BCUT2D eigenvalue weighted by molar-refractivity contribution is 7.32. The van der Waals surface area contributed by atoms with Crippen LogP contribution in [0.5, 0.6) is 0 Å². The summed E-state index contributed by atoms with van der Waals surface area (Å²) in [6, 6.07) is 0. The van der Waals surface area contributed by atoms with Gasteiger partial charge in [0.05, 0.1) is 6.10 Å². The van der Waals surface area contributed by atoms with Crippen LogP contribution < -0.4 is 0 Å². The van der Waals surface area contributed by atoms with Gasteiger partial charge in [-0.05, 0) is 19.0 Å². The fourth-order valence-electron chi connectivity index (χ4n) is 1.29. The van der Waals surface area contributed by atoms with E-state index in [0.29, 0.717) is 6.10 Å². The van der Waals surface area contributed by atoms with Crippen LogP contribution in [0, 0.1) is 0 Å². The highest BCUT2D eigenvalue weighted by Gasteiger charge is 2.14. The lowest BCUT2D eigenvalue weighted by Crippen LogP contribution is -2.00. The Balaban J connectivity index is 1.91. The zero-order valence-corrected chi connectivity index (χ0v) is 7.73. The highest BCUT2D eigenvalue weighted by atomic mass is 31.1. The van der Waals surface area contributed by atoms with Gasteiger partial charge in [0.25, 0.3) is 0 Å². The van der Waals surface area contributed by atoms with Crippen molar-refractivity contribution in [1.29, 1.82) is 0 Å². The molecule has 0 aromatic carbocycles. The van der Waals surface area contributed by atoms with Gasteiger partial charge in [-0.3, -0.25) is 0 Å². The molecule has 1 rings (SSSR count). The Kier molecular flexibility index (Phi) is 4.32. The lowest BCUT2D eigenvalue weighted by Gasteiger charge is -2.08. The molecule has 10 heavy (non-hydrogen) atoms. The molecule has 0 N–H and O–H groups in total. The second kappa shape index (κ2) is 5.09. The molecular weight excluding hydrogens is 143 g/mol. The van der Waals surface area contributed by atoms with Crippen molar-refractivity contribution in [1.82, 2.24) is 0 Å². The van der Waals surface area contributed by atoms with E-state index in [1.165, 1.54) is 38.3 Å². The Morgan fingerprint density at radius 1 is 1.40 bits per heavy atom. The van der Waals surface area contributed by atoms with E-state index in [1.807, 2.05) is 0 Å². The van der Waals surface area contributed by atoms with Crippen molar-refractivity contribution in [3.63, 3.8) is 0 Å². The van der Waals surface area contributed by atoms with Crippen molar-refractivity contribution < 1.29 is 4.52 Å². The van der Waals surface area contributed by atoms with Crippen LogP contribution in [-0.4, -0.2) is 12.3 Å². The largest absolute Gasteiger partial charge is 0.359 e. The van der Waals surface area contributed by atoms with E-state index in [1.54, 1.807) is 0 Å². The second-order valence-corrected chi connectivity index (χ2v) is 3.94. The van der Waals surface area contributed by atoms with Gasteiger partial charge in [-0.1, -0.05) is 26.2 Å². The predicted molar refractivity (Wildman–Crippen MR) is 46.8 cm³/mol. The van der Waals surface area contributed by atoms with Crippen molar-refractivity contribution in [3.05, 3.63) is 0 Å². The third-order valence-corrected chi connectivity index (χ3v) is 3.11. The Hall–Kier alpha value is 0.390. The molecule has 1 aliphatic carbocycles. The zero-order chi connectivity index (χ0) is 7.23. The third-order valence-electron chi connectivity index (χ3n) is 1.90. The van der Waals surface area contributed by atoms with Crippen LogP contribution in [0.15, 0.2) is 0 Å². The summed E-state index contributed by atoms with van der Waals surface area (Å²) in [7, 11) is 0.766. The Labute approximate surface area is 65.4 Å². The first kappa shape index (κ1) is 8.49. The van der Waals surface area contributed by atoms with Crippen molar-refractivity contribution in [2.45, 2.75) is 45.1 Å². The van der Waals surface area contributed by atoms with Gasteiger partial charge in [0.2, 0.25) is 0 Å². The monoisotopic (exact) mass is 160 g/mol. The molecule has 0 aromatic rings. The summed E-state index contributed by atoms with van der Waals surface area (Å²) in [6.07, 6.45) is 8.57.